The average Bonchev–Trinajstić information content (AvgIpc) is 2.07. The first-order chi connectivity index (χ1) is 6.06. The summed E-state index contributed by atoms with van der Waals surface area (Å²) in [5, 5.41) is 8.87. The van der Waals surface area contributed by atoms with Crippen molar-refractivity contribution in [1.29, 1.82) is 0 Å². The Bertz CT molecular complexity index is 315. The second kappa shape index (κ2) is 5.29. The summed E-state index contributed by atoms with van der Waals surface area (Å²) in [5.74, 6) is -0.343. The van der Waals surface area contributed by atoms with E-state index in [9.17, 15) is 4.39 Å². The molecule has 0 radical (unpaired) electrons. The van der Waals surface area contributed by atoms with E-state index in [0.29, 0.717) is 11.1 Å². The van der Waals surface area contributed by atoms with Gasteiger partial charge in [0.2, 0.25) is 0 Å². The number of rotatable bonds is 2. The Morgan fingerprint density at radius 1 is 1.50 bits per heavy atom. The number of aliphatic hydroxyl groups excluding tert-OH is 1. The van der Waals surface area contributed by atoms with E-state index in [0.717, 1.165) is 5.56 Å². The largest absolute Gasteiger partial charge is 0.392 e. The summed E-state index contributed by atoms with van der Waals surface area (Å²) >= 11 is 0. The second-order valence-electron chi connectivity index (χ2n) is 3.25. The van der Waals surface area contributed by atoms with Crippen LogP contribution in [0.5, 0.6) is 0 Å². The molecule has 0 amide bonds. The summed E-state index contributed by atoms with van der Waals surface area (Å²) in [6, 6.07) is 2.71. The number of hydrogen-bond acceptors (Lipinski definition) is 2. The lowest BCUT2D eigenvalue weighted by atomic mass is 10.0. The smallest absolute Gasteiger partial charge is 0.128 e. The Morgan fingerprint density at radius 3 is 2.50 bits per heavy atom. The first kappa shape index (κ1) is 13.4. The summed E-state index contributed by atoms with van der Waals surface area (Å²) in [6.07, 6.45) is 0. The van der Waals surface area contributed by atoms with E-state index in [4.69, 9.17) is 10.8 Å². The Balaban J connectivity index is 0.00000169. The minimum atomic E-state index is -0.343. The van der Waals surface area contributed by atoms with Crippen LogP contribution >= 0.6 is 12.4 Å². The normalized spacial score (nSPS) is 12.1. The highest BCUT2D eigenvalue weighted by Gasteiger charge is 2.09. The van der Waals surface area contributed by atoms with Gasteiger partial charge in [-0.3, -0.25) is 0 Å². The molecule has 0 aliphatic carbocycles. The van der Waals surface area contributed by atoms with E-state index in [2.05, 4.69) is 0 Å². The number of nitrogens with two attached hydrogens (primary N) is 1. The van der Waals surface area contributed by atoms with Gasteiger partial charge in [-0.15, -0.1) is 12.4 Å². The van der Waals surface area contributed by atoms with Crippen molar-refractivity contribution in [1.82, 2.24) is 0 Å². The van der Waals surface area contributed by atoms with Crippen molar-refractivity contribution in [2.75, 3.05) is 0 Å². The van der Waals surface area contributed by atoms with Crippen LogP contribution in [0, 0.1) is 12.7 Å². The fourth-order valence-corrected chi connectivity index (χ4v) is 1.26. The molecule has 1 atom stereocenters. The van der Waals surface area contributed by atoms with Crippen LogP contribution in [-0.2, 0) is 6.61 Å². The van der Waals surface area contributed by atoms with Crippen LogP contribution in [0.4, 0.5) is 4.39 Å². The lowest BCUT2D eigenvalue weighted by molar-refractivity contribution is 0.280. The van der Waals surface area contributed by atoms with Crippen molar-refractivity contribution >= 4 is 12.4 Å². The SMILES string of the molecule is Cc1cc(C(C)N)c(F)cc1CO.Cl. The van der Waals surface area contributed by atoms with Crippen LogP contribution in [0.3, 0.4) is 0 Å². The van der Waals surface area contributed by atoms with Gasteiger partial charge in [-0.1, -0.05) is 6.07 Å². The van der Waals surface area contributed by atoms with Gasteiger partial charge in [-0.2, -0.15) is 0 Å². The van der Waals surface area contributed by atoms with Crippen LogP contribution in [0.2, 0.25) is 0 Å². The minimum absolute atomic E-state index is 0. The predicted molar refractivity (Wildman–Crippen MR) is 56.9 cm³/mol. The monoisotopic (exact) mass is 219 g/mol. The van der Waals surface area contributed by atoms with Crippen molar-refractivity contribution in [2.45, 2.75) is 26.5 Å². The maximum absolute atomic E-state index is 13.3. The van der Waals surface area contributed by atoms with Gasteiger partial charge in [-0.25, -0.2) is 4.39 Å². The third-order valence-electron chi connectivity index (χ3n) is 2.12. The Hall–Kier alpha value is -0.640. The van der Waals surface area contributed by atoms with Crippen molar-refractivity contribution in [3.05, 3.63) is 34.6 Å². The van der Waals surface area contributed by atoms with Crippen molar-refractivity contribution in [3.63, 3.8) is 0 Å². The molecular weight excluding hydrogens is 205 g/mol. The minimum Gasteiger partial charge on any atom is -0.392 e. The molecule has 0 aliphatic heterocycles. The highest BCUT2D eigenvalue weighted by atomic mass is 35.5. The fourth-order valence-electron chi connectivity index (χ4n) is 1.26. The number of aryl methyl sites for hydroxylation is 1. The third kappa shape index (κ3) is 2.67. The molecule has 0 saturated carbocycles. The molecule has 3 N–H and O–H groups in total. The molecule has 0 aromatic heterocycles. The van der Waals surface area contributed by atoms with Gasteiger partial charge in [0.25, 0.3) is 0 Å². The molecule has 4 heteroatoms. The summed E-state index contributed by atoms with van der Waals surface area (Å²) in [6.45, 7) is 3.43. The van der Waals surface area contributed by atoms with E-state index in [1.54, 1.807) is 13.0 Å². The fraction of sp³-hybridized carbons (Fsp3) is 0.400. The molecule has 2 nitrogen and oxygen atoms in total. The van der Waals surface area contributed by atoms with Gasteiger partial charge < -0.3 is 10.8 Å². The number of aliphatic hydroxyl groups is 1. The predicted octanol–water partition coefficient (Wildman–Crippen LogP) is 2.07. The molecule has 0 saturated heterocycles. The van der Waals surface area contributed by atoms with Gasteiger partial charge in [0.05, 0.1) is 6.61 Å². The highest BCUT2D eigenvalue weighted by molar-refractivity contribution is 5.85. The number of halogens is 2. The summed E-state index contributed by atoms with van der Waals surface area (Å²) < 4.78 is 13.3. The van der Waals surface area contributed by atoms with Crippen LogP contribution in [0.1, 0.15) is 29.7 Å². The molecule has 14 heavy (non-hydrogen) atoms. The zero-order valence-electron chi connectivity index (χ0n) is 8.25. The Morgan fingerprint density at radius 2 is 2.07 bits per heavy atom. The zero-order valence-corrected chi connectivity index (χ0v) is 9.07. The molecule has 80 valence electrons. The molecule has 0 aliphatic rings. The van der Waals surface area contributed by atoms with Crippen LogP contribution in [0.25, 0.3) is 0 Å². The summed E-state index contributed by atoms with van der Waals surface area (Å²) in [7, 11) is 0. The van der Waals surface area contributed by atoms with Crippen LogP contribution in [0.15, 0.2) is 12.1 Å². The van der Waals surface area contributed by atoms with Crippen LogP contribution < -0.4 is 5.73 Å². The van der Waals surface area contributed by atoms with Gasteiger partial charge >= 0.3 is 0 Å². The van der Waals surface area contributed by atoms with E-state index >= 15 is 0 Å². The van der Waals surface area contributed by atoms with Gasteiger partial charge in [0, 0.05) is 11.6 Å². The first-order valence-electron chi connectivity index (χ1n) is 4.21. The third-order valence-corrected chi connectivity index (χ3v) is 2.12. The lowest BCUT2D eigenvalue weighted by Gasteiger charge is -2.10. The molecule has 1 aromatic rings. The zero-order chi connectivity index (χ0) is 10.0. The molecule has 1 rings (SSSR count). The number of benzene rings is 1. The Labute approximate surface area is 89.3 Å². The maximum atomic E-state index is 13.3. The number of hydrogen-bond donors (Lipinski definition) is 2. The summed E-state index contributed by atoms with van der Waals surface area (Å²) in [5.41, 5.74) is 7.55. The second-order valence-corrected chi connectivity index (χ2v) is 3.25. The van der Waals surface area contributed by atoms with E-state index in [1.165, 1.54) is 6.07 Å². The Kier molecular flexibility index (Phi) is 5.05. The van der Waals surface area contributed by atoms with Crippen molar-refractivity contribution in [3.8, 4) is 0 Å². The van der Waals surface area contributed by atoms with Crippen LogP contribution in [-0.4, -0.2) is 5.11 Å². The van der Waals surface area contributed by atoms with Gasteiger partial charge in [-0.05, 0) is 31.0 Å². The van der Waals surface area contributed by atoms with Crippen molar-refractivity contribution in [2.24, 2.45) is 5.73 Å². The van der Waals surface area contributed by atoms with E-state index in [-0.39, 0.29) is 30.9 Å². The average molecular weight is 220 g/mol. The molecule has 1 aromatic carbocycles. The maximum Gasteiger partial charge on any atom is 0.128 e. The van der Waals surface area contributed by atoms with Crippen molar-refractivity contribution < 1.29 is 9.50 Å². The quantitative estimate of drug-likeness (QED) is 0.800. The molecule has 0 fully saturated rings. The molecular formula is C10H15ClFNO. The van der Waals surface area contributed by atoms with Gasteiger partial charge in [0.15, 0.2) is 0 Å². The molecule has 0 heterocycles. The molecule has 0 bridgehead atoms. The standard InChI is InChI=1S/C10H14FNO.ClH/c1-6-3-9(7(2)12)10(11)4-8(6)5-13;/h3-4,7,13H,5,12H2,1-2H3;1H. The summed E-state index contributed by atoms with van der Waals surface area (Å²) in [4.78, 5) is 0. The molecule has 0 spiro atoms. The first-order valence-corrected chi connectivity index (χ1v) is 4.21. The topological polar surface area (TPSA) is 46.2 Å². The molecule has 1 unspecified atom stereocenters. The van der Waals surface area contributed by atoms with E-state index in [1.807, 2.05) is 6.92 Å². The van der Waals surface area contributed by atoms with E-state index < -0.39 is 0 Å². The van der Waals surface area contributed by atoms with Gasteiger partial charge in [0.1, 0.15) is 5.82 Å². The lowest BCUT2D eigenvalue weighted by Crippen LogP contribution is -2.08. The highest BCUT2D eigenvalue weighted by Crippen LogP contribution is 2.19.